The maximum Gasteiger partial charge on any atom is 0.316 e. The molecule has 0 amide bonds. The van der Waals surface area contributed by atoms with Gasteiger partial charge in [0.1, 0.15) is 11.4 Å². The number of allylic oxidation sites excluding steroid dienone is 1. The summed E-state index contributed by atoms with van der Waals surface area (Å²) in [6, 6.07) is 0. The minimum atomic E-state index is -0.114. The van der Waals surface area contributed by atoms with E-state index in [9.17, 15) is 4.79 Å². The second-order valence-corrected chi connectivity index (χ2v) is 9.89. The molecule has 3 fully saturated rings. The zero-order valence-electron chi connectivity index (χ0n) is 15.2. The smallest absolute Gasteiger partial charge is 0.316 e. The lowest BCUT2D eigenvalue weighted by Gasteiger charge is -2.57. The van der Waals surface area contributed by atoms with E-state index in [1.165, 1.54) is 44.9 Å². The molecule has 134 valence electrons. The minimum Gasteiger partial charge on any atom is -0.461 e. The van der Waals surface area contributed by atoms with Crippen LogP contribution in [-0.4, -0.2) is 17.4 Å². The highest BCUT2D eigenvalue weighted by Gasteiger charge is 2.55. The summed E-state index contributed by atoms with van der Waals surface area (Å²) in [5.74, 6) is 2.61. The van der Waals surface area contributed by atoms with Gasteiger partial charge >= 0.3 is 5.97 Å². The maximum atomic E-state index is 11.6. The van der Waals surface area contributed by atoms with Gasteiger partial charge in [0.25, 0.3) is 0 Å². The zero-order chi connectivity index (χ0) is 16.9. The second kappa shape index (κ2) is 6.14. The summed E-state index contributed by atoms with van der Waals surface area (Å²) in [4.78, 5) is 11.6. The highest BCUT2D eigenvalue weighted by atomic mass is 79.9. The van der Waals surface area contributed by atoms with E-state index in [0.717, 1.165) is 30.6 Å². The van der Waals surface area contributed by atoms with Crippen molar-refractivity contribution < 1.29 is 9.53 Å². The highest BCUT2D eigenvalue weighted by molar-refractivity contribution is 9.09. The van der Waals surface area contributed by atoms with Crippen LogP contribution in [0, 0.1) is 28.6 Å². The second-order valence-electron chi connectivity index (χ2n) is 9.33. The molecule has 0 heterocycles. The molecule has 0 bridgehead atoms. The normalized spacial score (nSPS) is 47.2. The van der Waals surface area contributed by atoms with Crippen molar-refractivity contribution in [2.24, 2.45) is 28.6 Å². The molecule has 0 spiro atoms. The summed E-state index contributed by atoms with van der Waals surface area (Å²) in [5, 5.41) is 0.310. The van der Waals surface area contributed by atoms with Crippen LogP contribution in [0.5, 0.6) is 0 Å². The first-order valence-electron chi connectivity index (χ1n) is 9.91. The van der Waals surface area contributed by atoms with Gasteiger partial charge in [-0.05, 0) is 73.5 Å². The Labute approximate surface area is 154 Å². The molecule has 0 unspecified atom stereocenters. The fourth-order valence-corrected chi connectivity index (χ4v) is 7.07. The Kier molecular flexibility index (Phi) is 4.38. The Morgan fingerprint density at radius 3 is 2.83 bits per heavy atom. The number of carbonyl (C=O) groups is 1. The SMILES string of the molecule is C[C@@]12CCC[C@H]1[C@@H]1CC=C3C[C@H](OC(=O)CBr)CC[C@]3(C)[C@H]1CC2. The van der Waals surface area contributed by atoms with Crippen LogP contribution < -0.4 is 0 Å². The van der Waals surface area contributed by atoms with Crippen molar-refractivity contribution in [3.05, 3.63) is 11.6 Å². The van der Waals surface area contributed by atoms with Gasteiger partial charge in [-0.15, -0.1) is 0 Å². The van der Waals surface area contributed by atoms with E-state index in [0.29, 0.717) is 16.2 Å². The average Bonchev–Trinajstić information content (AvgIpc) is 2.97. The fraction of sp³-hybridized carbons (Fsp3) is 0.857. The molecule has 0 N–H and O–H groups in total. The monoisotopic (exact) mass is 394 g/mol. The number of esters is 1. The maximum absolute atomic E-state index is 11.6. The number of alkyl halides is 1. The molecule has 0 aromatic carbocycles. The topological polar surface area (TPSA) is 26.3 Å². The third-order valence-electron chi connectivity index (χ3n) is 8.25. The lowest BCUT2D eigenvalue weighted by atomic mass is 9.48. The number of hydrogen-bond donors (Lipinski definition) is 0. The van der Waals surface area contributed by atoms with Gasteiger partial charge in [0, 0.05) is 6.42 Å². The number of fused-ring (bicyclic) bond motifs is 5. The molecule has 6 atom stereocenters. The molecule has 0 aromatic heterocycles. The Bertz CT molecular complexity index is 556. The molecular weight excluding hydrogens is 364 g/mol. The first-order valence-corrected chi connectivity index (χ1v) is 11.0. The molecule has 2 nitrogen and oxygen atoms in total. The summed E-state index contributed by atoms with van der Waals surface area (Å²) in [5.41, 5.74) is 2.60. The zero-order valence-corrected chi connectivity index (χ0v) is 16.7. The quantitative estimate of drug-likeness (QED) is 0.343. The van der Waals surface area contributed by atoms with Crippen LogP contribution in [0.4, 0.5) is 0 Å². The summed E-state index contributed by atoms with van der Waals surface area (Å²) in [7, 11) is 0. The van der Waals surface area contributed by atoms with Crippen LogP contribution in [0.3, 0.4) is 0 Å². The van der Waals surface area contributed by atoms with Crippen molar-refractivity contribution in [2.75, 3.05) is 5.33 Å². The summed E-state index contributed by atoms with van der Waals surface area (Å²) < 4.78 is 5.63. The molecule has 0 aliphatic heterocycles. The standard InChI is InChI=1S/C21H31BrO2/c1-20-9-3-4-17(20)16-6-5-14-12-15(24-19(23)13-22)7-11-21(14,2)18(16)8-10-20/h5,15-18H,3-4,6-13H2,1-2H3/t15-,16+,17+,18+,20+,21+/m1/s1. The van der Waals surface area contributed by atoms with Gasteiger partial charge in [-0.25, -0.2) is 0 Å². The molecule has 3 saturated carbocycles. The number of ether oxygens (including phenoxy) is 1. The molecule has 3 heteroatoms. The fourth-order valence-electron chi connectivity index (χ4n) is 6.94. The van der Waals surface area contributed by atoms with E-state index >= 15 is 0 Å². The van der Waals surface area contributed by atoms with Crippen LogP contribution in [0.2, 0.25) is 0 Å². The van der Waals surface area contributed by atoms with Crippen molar-refractivity contribution >= 4 is 21.9 Å². The van der Waals surface area contributed by atoms with Gasteiger partial charge in [-0.1, -0.05) is 47.8 Å². The van der Waals surface area contributed by atoms with E-state index in [4.69, 9.17) is 4.74 Å². The van der Waals surface area contributed by atoms with Gasteiger partial charge in [0.15, 0.2) is 0 Å². The number of halogens is 1. The first kappa shape index (κ1) is 17.1. The third-order valence-corrected chi connectivity index (χ3v) is 8.70. The lowest BCUT2D eigenvalue weighted by Crippen LogP contribution is -2.49. The van der Waals surface area contributed by atoms with Crippen LogP contribution in [-0.2, 0) is 9.53 Å². The largest absolute Gasteiger partial charge is 0.461 e. The molecule has 24 heavy (non-hydrogen) atoms. The third kappa shape index (κ3) is 2.61. The number of rotatable bonds is 2. The van der Waals surface area contributed by atoms with Gasteiger partial charge in [0.2, 0.25) is 0 Å². The lowest BCUT2D eigenvalue weighted by molar-refractivity contribution is -0.148. The van der Waals surface area contributed by atoms with Crippen LogP contribution >= 0.6 is 15.9 Å². The Balaban J connectivity index is 1.55. The van der Waals surface area contributed by atoms with Crippen LogP contribution in [0.15, 0.2) is 11.6 Å². The molecule has 0 radical (unpaired) electrons. The van der Waals surface area contributed by atoms with Gasteiger partial charge < -0.3 is 4.74 Å². The predicted octanol–water partition coefficient (Wildman–Crippen LogP) is 5.65. The minimum absolute atomic E-state index is 0.103. The molecular formula is C21H31BrO2. The Hall–Kier alpha value is -0.310. The summed E-state index contributed by atoms with van der Waals surface area (Å²) in [6.07, 6.45) is 14.4. The Morgan fingerprint density at radius 1 is 1.21 bits per heavy atom. The predicted molar refractivity (Wildman–Crippen MR) is 100.0 cm³/mol. The number of carbonyl (C=O) groups excluding carboxylic acids is 1. The first-order chi connectivity index (χ1) is 11.5. The Morgan fingerprint density at radius 2 is 2.04 bits per heavy atom. The van der Waals surface area contributed by atoms with Crippen LogP contribution in [0.1, 0.15) is 71.6 Å². The molecule has 0 aromatic rings. The molecule has 4 aliphatic rings. The van der Waals surface area contributed by atoms with Gasteiger partial charge in [-0.3, -0.25) is 4.79 Å². The van der Waals surface area contributed by atoms with Crippen LogP contribution in [0.25, 0.3) is 0 Å². The van der Waals surface area contributed by atoms with E-state index < -0.39 is 0 Å². The van der Waals surface area contributed by atoms with Crippen molar-refractivity contribution in [3.8, 4) is 0 Å². The molecule has 4 rings (SSSR count). The van der Waals surface area contributed by atoms with Crippen molar-refractivity contribution in [1.29, 1.82) is 0 Å². The van der Waals surface area contributed by atoms with Gasteiger partial charge in [0.05, 0.1) is 0 Å². The molecule has 0 saturated heterocycles. The summed E-state index contributed by atoms with van der Waals surface area (Å²) >= 11 is 3.21. The molecule has 4 aliphatic carbocycles. The highest BCUT2D eigenvalue weighted by Crippen LogP contribution is 2.64. The van der Waals surface area contributed by atoms with E-state index in [1.54, 1.807) is 5.57 Å². The summed E-state index contributed by atoms with van der Waals surface area (Å²) in [6.45, 7) is 5.09. The van der Waals surface area contributed by atoms with E-state index in [1.807, 2.05) is 0 Å². The van der Waals surface area contributed by atoms with Crippen molar-refractivity contribution in [3.63, 3.8) is 0 Å². The van der Waals surface area contributed by atoms with Gasteiger partial charge in [-0.2, -0.15) is 0 Å². The number of hydrogen-bond acceptors (Lipinski definition) is 2. The van der Waals surface area contributed by atoms with E-state index in [2.05, 4.69) is 35.9 Å². The van der Waals surface area contributed by atoms with Crippen molar-refractivity contribution in [2.45, 2.75) is 77.7 Å². The van der Waals surface area contributed by atoms with E-state index in [-0.39, 0.29) is 12.1 Å². The average molecular weight is 395 g/mol. The van der Waals surface area contributed by atoms with Crippen molar-refractivity contribution in [1.82, 2.24) is 0 Å².